The predicted molar refractivity (Wildman–Crippen MR) is 76.1 cm³/mol. The maximum atomic E-state index is 13.4. The standard InChI is InChI=1S/C15H21FN2O2/c1-11-9-18(10-12(2)20-11)8-7-15(19)17-14-6-4-3-5-13(14)16/h3-6,11-12H,7-10H2,1-2H3,(H,17,19)/t11-,12-/m0/s1. The van der Waals surface area contributed by atoms with Crippen LogP contribution in [0, 0.1) is 5.82 Å². The van der Waals surface area contributed by atoms with Crippen molar-refractivity contribution in [3.63, 3.8) is 0 Å². The highest BCUT2D eigenvalue weighted by molar-refractivity contribution is 5.90. The molecular weight excluding hydrogens is 259 g/mol. The SMILES string of the molecule is C[C@H]1CN(CCC(=O)Nc2ccccc2F)C[C@H](C)O1. The first-order valence-electron chi connectivity index (χ1n) is 6.97. The number of nitrogens with one attached hydrogen (secondary N) is 1. The number of carbonyl (C=O) groups excluding carboxylic acids is 1. The van der Waals surface area contributed by atoms with Gasteiger partial charge in [-0.1, -0.05) is 12.1 Å². The van der Waals surface area contributed by atoms with Crippen LogP contribution in [0.25, 0.3) is 0 Å². The average molecular weight is 280 g/mol. The van der Waals surface area contributed by atoms with E-state index in [4.69, 9.17) is 4.74 Å². The van der Waals surface area contributed by atoms with Crippen molar-refractivity contribution in [1.82, 2.24) is 4.90 Å². The lowest BCUT2D eigenvalue weighted by Gasteiger charge is -2.35. The highest BCUT2D eigenvalue weighted by Gasteiger charge is 2.22. The molecule has 1 aromatic carbocycles. The largest absolute Gasteiger partial charge is 0.373 e. The van der Waals surface area contributed by atoms with E-state index in [9.17, 15) is 9.18 Å². The van der Waals surface area contributed by atoms with Crippen LogP contribution in [0.2, 0.25) is 0 Å². The van der Waals surface area contributed by atoms with Gasteiger partial charge in [0.15, 0.2) is 0 Å². The van der Waals surface area contributed by atoms with Crippen molar-refractivity contribution in [1.29, 1.82) is 0 Å². The summed E-state index contributed by atoms with van der Waals surface area (Å²) in [6.45, 7) is 6.39. The molecule has 0 bridgehead atoms. The summed E-state index contributed by atoms with van der Waals surface area (Å²) in [4.78, 5) is 14.0. The van der Waals surface area contributed by atoms with Gasteiger partial charge >= 0.3 is 0 Å². The second-order valence-electron chi connectivity index (χ2n) is 5.29. The molecule has 5 heteroatoms. The van der Waals surface area contributed by atoms with E-state index >= 15 is 0 Å². The van der Waals surface area contributed by atoms with Crippen molar-refractivity contribution in [2.75, 3.05) is 25.0 Å². The van der Waals surface area contributed by atoms with Crippen molar-refractivity contribution >= 4 is 11.6 Å². The maximum absolute atomic E-state index is 13.4. The van der Waals surface area contributed by atoms with Gasteiger partial charge in [0.2, 0.25) is 5.91 Å². The van der Waals surface area contributed by atoms with Crippen molar-refractivity contribution < 1.29 is 13.9 Å². The summed E-state index contributed by atoms with van der Waals surface area (Å²) < 4.78 is 19.0. The molecule has 4 nitrogen and oxygen atoms in total. The summed E-state index contributed by atoms with van der Waals surface area (Å²) in [6.07, 6.45) is 0.732. The summed E-state index contributed by atoms with van der Waals surface area (Å²) in [5.74, 6) is -0.573. The Labute approximate surface area is 118 Å². The minimum Gasteiger partial charge on any atom is -0.373 e. The van der Waals surface area contributed by atoms with E-state index in [1.807, 2.05) is 13.8 Å². The molecule has 1 amide bonds. The minimum absolute atomic E-state index is 0.165. The Balaban J connectivity index is 1.79. The minimum atomic E-state index is -0.408. The fraction of sp³-hybridized carbons (Fsp3) is 0.533. The number of hydrogen-bond acceptors (Lipinski definition) is 3. The first kappa shape index (κ1) is 14.9. The van der Waals surface area contributed by atoms with E-state index in [0.29, 0.717) is 13.0 Å². The van der Waals surface area contributed by atoms with Crippen LogP contribution in [-0.2, 0) is 9.53 Å². The first-order valence-corrected chi connectivity index (χ1v) is 6.97. The third kappa shape index (κ3) is 4.28. The van der Waals surface area contributed by atoms with Crippen molar-refractivity contribution in [2.45, 2.75) is 32.5 Å². The number of rotatable bonds is 4. The molecule has 1 saturated heterocycles. The van der Waals surface area contributed by atoms with E-state index in [1.54, 1.807) is 18.2 Å². The zero-order chi connectivity index (χ0) is 14.5. The molecule has 0 saturated carbocycles. The van der Waals surface area contributed by atoms with E-state index in [1.165, 1.54) is 6.07 Å². The van der Waals surface area contributed by atoms with Gasteiger partial charge in [0.1, 0.15) is 5.82 Å². The number of halogens is 1. The lowest BCUT2D eigenvalue weighted by Crippen LogP contribution is -2.46. The van der Waals surface area contributed by atoms with Gasteiger partial charge in [-0.25, -0.2) is 4.39 Å². The summed E-state index contributed by atoms with van der Waals surface area (Å²) in [7, 11) is 0. The van der Waals surface area contributed by atoms with Crippen LogP contribution < -0.4 is 5.32 Å². The molecule has 0 radical (unpaired) electrons. The van der Waals surface area contributed by atoms with Gasteiger partial charge in [-0.05, 0) is 26.0 Å². The van der Waals surface area contributed by atoms with E-state index in [0.717, 1.165) is 13.1 Å². The zero-order valence-corrected chi connectivity index (χ0v) is 11.9. The number of morpholine rings is 1. The lowest BCUT2D eigenvalue weighted by molar-refractivity contribution is -0.117. The summed E-state index contributed by atoms with van der Waals surface area (Å²) >= 11 is 0. The van der Waals surface area contributed by atoms with Crippen molar-refractivity contribution in [3.05, 3.63) is 30.1 Å². The topological polar surface area (TPSA) is 41.6 Å². The van der Waals surface area contributed by atoms with Crippen LogP contribution in [0.4, 0.5) is 10.1 Å². The maximum Gasteiger partial charge on any atom is 0.225 e. The van der Waals surface area contributed by atoms with Crippen LogP contribution in [0.5, 0.6) is 0 Å². The normalized spacial score (nSPS) is 23.6. The number of hydrogen-bond donors (Lipinski definition) is 1. The molecule has 1 aliphatic heterocycles. The molecule has 1 fully saturated rings. The van der Waals surface area contributed by atoms with Gasteiger partial charge in [0.25, 0.3) is 0 Å². The highest BCUT2D eigenvalue weighted by atomic mass is 19.1. The van der Waals surface area contributed by atoms with Gasteiger partial charge in [-0.2, -0.15) is 0 Å². The molecule has 2 rings (SSSR count). The Morgan fingerprint density at radius 2 is 2.00 bits per heavy atom. The van der Waals surface area contributed by atoms with Gasteiger partial charge in [0.05, 0.1) is 17.9 Å². The van der Waals surface area contributed by atoms with Gasteiger partial charge in [-0.3, -0.25) is 9.69 Å². The second-order valence-corrected chi connectivity index (χ2v) is 5.29. The van der Waals surface area contributed by atoms with Crippen molar-refractivity contribution in [2.24, 2.45) is 0 Å². The van der Waals surface area contributed by atoms with Gasteiger partial charge in [0, 0.05) is 26.1 Å². The highest BCUT2D eigenvalue weighted by Crippen LogP contribution is 2.14. The zero-order valence-electron chi connectivity index (χ0n) is 11.9. The lowest BCUT2D eigenvalue weighted by atomic mass is 10.2. The molecule has 0 unspecified atom stereocenters. The number of para-hydroxylation sites is 1. The van der Waals surface area contributed by atoms with Crippen LogP contribution >= 0.6 is 0 Å². The smallest absolute Gasteiger partial charge is 0.225 e. The van der Waals surface area contributed by atoms with Crippen LogP contribution in [-0.4, -0.2) is 42.6 Å². The van der Waals surface area contributed by atoms with Gasteiger partial charge < -0.3 is 10.1 Å². The number of carbonyl (C=O) groups is 1. The van der Waals surface area contributed by atoms with E-state index in [2.05, 4.69) is 10.2 Å². The number of anilines is 1. The molecule has 2 atom stereocenters. The van der Waals surface area contributed by atoms with Crippen LogP contribution in [0.15, 0.2) is 24.3 Å². The third-order valence-corrected chi connectivity index (χ3v) is 3.30. The first-order chi connectivity index (χ1) is 9.54. The molecule has 1 aliphatic rings. The molecule has 0 spiro atoms. The van der Waals surface area contributed by atoms with Crippen LogP contribution in [0.1, 0.15) is 20.3 Å². The molecule has 0 aromatic heterocycles. The molecule has 0 aliphatic carbocycles. The van der Waals surface area contributed by atoms with Gasteiger partial charge in [-0.15, -0.1) is 0 Å². The Hall–Kier alpha value is -1.46. The summed E-state index contributed by atoms with van der Waals surface area (Å²) in [5.41, 5.74) is 0.237. The molecular formula is C15H21FN2O2. The van der Waals surface area contributed by atoms with E-state index in [-0.39, 0.29) is 23.8 Å². The Bertz CT molecular complexity index is 457. The summed E-state index contributed by atoms with van der Waals surface area (Å²) in [6, 6.07) is 6.19. The average Bonchev–Trinajstić information content (AvgIpc) is 2.38. The number of nitrogens with zero attached hydrogens (tertiary/aromatic N) is 1. The quantitative estimate of drug-likeness (QED) is 0.920. The van der Waals surface area contributed by atoms with Crippen LogP contribution in [0.3, 0.4) is 0 Å². The van der Waals surface area contributed by atoms with Crippen molar-refractivity contribution in [3.8, 4) is 0 Å². The van der Waals surface area contributed by atoms with E-state index < -0.39 is 5.82 Å². The molecule has 110 valence electrons. The second kappa shape index (κ2) is 6.81. The molecule has 1 heterocycles. The predicted octanol–water partition coefficient (Wildman–Crippen LogP) is 2.26. The third-order valence-electron chi connectivity index (χ3n) is 3.30. The Morgan fingerprint density at radius 1 is 1.35 bits per heavy atom. The number of amides is 1. The Morgan fingerprint density at radius 3 is 2.65 bits per heavy atom. The summed E-state index contributed by atoms with van der Waals surface area (Å²) in [5, 5.41) is 2.60. The Kier molecular flexibility index (Phi) is 5.09. The fourth-order valence-electron chi connectivity index (χ4n) is 2.50. The number of ether oxygens (including phenoxy) is 1. The molecule has 20 heavy (non-hydrogen) atoms. The molecule has 1 N–H and O–H groups in total. The monoisotopic (exact) mass is 280 g/mol. The fourth-order valence-corrected chi connectivity index (χ4v) is 2.50. The number of benzene rings is 1. The molecule has 1 aromatic rings.